The number of amides is 1. The summed E-state index contributed by atoms with van der Waals surface area (Å²) in [5.74, 6) is -0.467. The molecule has 0 saturated carbocycles. The Kier molecular flexibility index (Phi) is 2.10. The van der Waals surface area contributed by atoms with Gasteiger partial charge < -0.3 is 5.73 Å². The Labute approximate surface area is 82.6 Å². The van der Waals surface area contributed by atoms with Gasteiger partial charge in [0, 0.05) is 5.56 Å². The van der Waals surface area contributed by atoms with E-state index < -0.39 is 5.91 Å². The second-order valence-corrected chi connectivity index (χ2v) is 4.73. The van der Waals surface area contributed by atoms with Crippen LogP contribution in [0.5, 0.6) is 0 Å². The fraction of sp³-hybridized carbons (Fsp3) is 0.143. The summed E-state index contributed by atoms with van der Waals surface area (Å²) in [7, 11) is 0. The van der Waals surface area contributed by atoms with Gasteiger partial charge in [-0.05, 0) is 18.0 Å². The number of hydrogen-bond acceptors (Lipinski definition) is 5. The van der Waals surface area contributed by atoms with E-state index in [2.05, 4.69) is 4.72 Å². The lowest BCUT2D eigenvalue weighted by atomic mass is 10.2. The van der Waals surface area contributed by atoms with Crippen molar-refractivity contribution in [3.63, 3.8) is 0 Å². The van der Waals surface area contributed by atoms with Crippen LogP contribution in [0.3, 0.4) is 0 Å². The van der Waals surface area contributed by atoms with E-state index in [0.29, 0.717) is 17.0 Å². The highest BCUT2D eigenvalue weighted by molar-refractivity contribution is 7.99. The molecule has 2 rings (SSSR count). The highest BCUT2D eigenvalue weighted by Gasteiger charge is 2.22. The third kappa shape index (κ3) is 1.48. The molecule has 1 aromatic rings. The predicted molar refractivity (Wildman–Crippen MR) is 51.0 cm³/mol. The van der Waals surface area contributed by atoms with Gasteiger partial charge in [-0.3, -0.25) is 14.3 Å². The third-order valence-electron chi connectivity index (χ3n) is 1.64. The minimum Gasteiger partial charge on any atom is -0.365 e. The number of nitrogens with one attached hydrogen (secondary N) is 1. The molecule has 0 atom stereocenters. The zero-order valence-corrected chi connectivity index (χ0v) is 8.13. The molecule has 0 saturated heterocycles. The van der Waals surface area contributed by atoms with Crippen LogP contribution in [0.2, 0.25) is 0 Å². The number of carbonyl (C=O) groups excluding carboxylic acids is 2. The van der Waals surface area contributed by atoms with Gasteiger partial charge in [0.1, 0.15) is 0 Å². The van der Waals surface area contributed by atoms with Crippen LogP contribution >= 0.6 is 23.3 Å². The summed E-state index contributed by atoms with van der Waals surface area (Å²) in [6.07, 6.45) is 0. The van der Waals surface area contributed by atoms with Crippen LogP contribution in [0.25, 0.3) is 0 Å². The molecule has 1 amide bonds. The van der Waals surface area contributed by atoms with Gasteiger partial charge in [0.2, 0.25) is 0 Å². The van der Waals surface area contributed by atoms with Crippen molar-refractivity contribution in [1.29, 1.82) is 0 Å². The van der Waals surface area contributed by atoms with Crippen LogP contribution in [-0.4, -0.2) is 18.2 Å². The molecule has 2 heterocycles. The number of hydrogen-bond donors (Lipinski definition) is 2. The zero-order chi connectivity index (χ0) is 9.42. The molecule has 0 unspecified atom stereocenters. The number of nitrogens with two attached hydrogens (primary N) is 1. The van der Waals surface area contributed by atoms with Crippen molar-refractivity contribution in [2.24, 2.45) is 5.73 Å². The standard InChI is InChI=1S/C7H6N2O2S2/c8-6(11)5-1-3-4(10)2-9-13-7(3)12-5/h1,9H,2H2,(H2,8,11). The van der Waals surface area contributed by atoms with Crippen molar-refractivity contribution < 1.29 is 9.59 Å². The van der Waals surface area contributed by atoms with E-state index in [-0.39, 0.29) is 5.78 Å². The quantitative estimate of drug-likeness (QED) is 0.673. The molecule has 0 spiro atoms. The van der Waals surface area contributed by atoms with Gasteiger partial charge in [0.25, 0.3) is 5.91 Å². The predicted octanol–water partition coefficient (Wildman–Crippen LogP) is 0.640. The van der Waals surface area contributed by atoms with E-state index in [4.69, 9.17) is 5.73 Å². The smallest absolute Gasteiger partial charge is 0.258 e. The van der Waals surface area contributed by atoms with Crippen molar-refractivity contribution in [2.75, 3.05) is 6.54 Å². The second kappa shape index (κ2) is 3.13. The molecule has 1 aromatic heterocycles. The molecule has 0 radical (unpaired) electrons. The van der Waals surface area contributed by atoms with Crippen LogP contribution in [0.15, 0.2) is 10.3 Å². The van der Waals surface area contributed by atoms with Crippen LogP contribution in [0.4, 0.5) is 0 Å². The Hall–Kier alpha value is -0.850. The summed E-state index contributed by atoms with van der Waals surface area (Å²) >= 11 is 2.62. The molecular formula is C7H6N2O2S2. The molecule has 13 heavy (non-hydrogen) atoms. The highest BCUT2D eigenvalue weighted by Crippen LogP contribution is 2.33. The fourth-order valence-corrected chi connectivity index (χ4v) is 3.02. The minimum absolute atomic E-state index is 0.0116. The maximum absolute atomic E-state index is 11.3. The van der Waals surface area contributed by atoms with Crippen molar-refractivity contribution in [3.8, 4) is 0 Å². The first kappa shape index (κ1) is 8.74. The molecule has 0 aliphatic carbocycles. The number of fused-ring (bicyclic) bond motifs is 1. The third-order valence-corrected chi connectivity index (χ3v) is 3.78. The number of rotatable bonds is 1. The summed E-state index contributed by atoms with van der Waals surface area (Å²) in [5, 5.41) is 0. The van der Waals surface area contributed by atoms with E-state index >= 15 is 0 Å². The van der Waals surface area contributed by atoms with Crippen molar-refractivity contribution in [3.05, 3.63) is 16.5 Å². The second-order valence-electron chi connectivity index (χ2n) is 2.52. The average Bonchev–Trinajstić information content (AvgIpc) is 2.49. The topological polar surface area (TPSA) is 72.2 Å². The van der Waals surface area contributed by atoms with E-state index in [1.807, 2.05) is 0 Å². The Morgan fingerprint density at radius 1 is 1.62 bits per heavy atom. The van der Waals surface area contributed by atoms with Gasteiger partial charge in [0.15, 0.2) is 5.78 Å². The van der Waals surface area contributed by atoms with Gasteiger partial charge in [-0.15, -0.1) is 11.3 Å². The summed E-state index contributed by atoms with van der Waals surface area (Å²) in [5.41, 5.74) is 5.72. The van der Waals surface area contributed by atoms with Gasteiger partial charge in [0.05, 0.1) is 15.6 Å². The van der Waals surface area contributed by atoms with Gasteiger partial charge in [-0.1, -0.05) is 0 Å². The monoisotopic (exact) mass is 214 g/mol. The van der Waals surface area contributed by atoms with Crippen LogP contribution in [0, 0.1) is 0 Å². The van der Waals surface area contributed by atoms with E-state index in [9.17, 15) is 9.59 Å². The Morgan fingerprint density at radius 3 is 3.00 bits per heavy atom. The molecule has 4 nitrogen and oxygen atoms in total. The molecule has 0 fully saturated rings. The van der Waals surface area contributed by atoms with Crippen molar-refractivity contribution in [2.45, 2.75) is 4.21 Å². The molecule has 6 heteroatoms. The van der Waals surface area contributed by atoms with Crippen LogP contribution in [-0.2, 0) is 0 Å². The van der Waals surface area contributed by atoms with Crippen molar-refractivity contribution >= 4 is 35.0 Å². The number of ketones is 1. The summed E-state index contributed by atoms with van der Waals surface area (Å²) in [4.78, 5) is 22.6. The summed E-state index contributed by atoms with van der Waals surface area (Å²) in [6, 6.07) is 1.57. The lowest BCUT2D eigenvalue weighted by Gasteiger charge is -2.08. The first-order chi connectivity index (χ1) is 6.18. The van der Waals surface area contributed by atoms with E-state index in [1.165, 1.54) is 23.3 Å². The lowest BCUT2D eigenvalue weighted by Crippen LogP contribution is -2.21. The minimum atomic E-state index is -0.479. The largest absolute Gasteiger partial charge is 0.365 e. The van der Waals surface area contributed by atoms with Gasteiger partial charge >= 0.3 is 0 Å². The Bertz CT molecular complexity index is 386. The van der Waals surface area contributed by atoms with Crippen LogP contribution < -0.4 is 10.5 Å². The molecule has 1 aliphatic heterocycles. The fourth-order valence-electron chi connectivity index (χ4n) is 1.03. The SMILES string of the molecule is NC(=O)c1cc2c(s1)SNCC2=O. The maximum Gasteiger partial charge on any atom is 0.258 e. The normalized spacial score (nSPS) is 15.5. The first-order valence-electron chi connectivity index (χ1n) is 3.55. The molecular weight excluding hydrogens is 208 g/mol. The van der Waals surface area contributed by atoms with E-state index in [0.717, 1.165) is 4.21 Å². The number of carbonyl (C=O) groups is 2. The van der Waals surface area contributed by atoms with Gasteiger partial charge in [-0.2, -0.15) is 0 Å². The molecule has 0 aromatic carbocycles. The number of primary amides is 1. The highest BCUT2D eigenvalue weighted by atomic mass is 32.2. The lowest BCUT2D eigenvalue weighted by molar-refractivity contribution is 0.0993. The Balaban J connectivity index is 2.48. The molecule has 3 N–H and O–H groups in total. The number of Topliss-reactive ketones (excluding diaryl/α,β-unsaturated/α-hetero) is 1. The van der Waals surface area contributed by atoms with Crippen molar-refractivity contribution in [1.82, 2.24) is 4.72 Å². The molecule has 68 valence electrons. The molecule has 0 bridgehead atoms. The average molecular weight is 214 g/mol. The Morgan fingerprint density at radius 2 is 2.38 bits per heavy atom. The van der Waals surface area contributed by atoms with E-state index in [1.54, 1.807) is 6.07 Å². The van der Waals surface area contributed by atoms with Crippen LogP contribution in [0.1, 0.15) is 20.0 Å². The van der Waals surface area contributed by atoms with Gasteiger partial charge in [-0.25, -0.2) is 0 Å². The molecule has 1 aliphatic rings. The first-order valence-corrected chi connectivity index (χ1v) is 5.18. The number of thiophene rings is 1. The summed E-state index contributed by atoms with van der Waals surface area (Å²) < 4.78 is 3.69. The maximum atomic E-state index is 11.3. The summed E-state index contributed by atoms with van der Waals surface area (Å²) in [6.45, 7) is 0.312. The zero-order valence-electron chi connectivity index (χ0n) is 6.49.